The van der Waals surface area contributed by atoms with Crippen molar-refractivity contribution in [2.24, 2.45) is 5.92 Å². The monoisotopic (exact) mass is 329 g/mol. The predicted molar refractivity (Wildman–Crippen MR) is 91.9 cm³/mol. The second-order valence-corrected chi connectivity index (χ2v) is 6.25. The molecule has 0 unspecified atom stereocenters. The molecule has 1 saturated carbocycles. The summed E-state index contributed by atoms with van der Waals surface area (Å²) in [6.45, 7) is 0.938. The minimum absolute atomic E-state index is 0.137. The van der Waals surface area contributed by atoms with Crippen LogP contribution in [0.15, 0.2) is 48.5 Å². The molecule has 1 fully saturated rings. The maximum Gasteiger partial charge on any atom is 0.223 e. The zero-order chi connectivity index (χ0) is 16.1. The van der Waals surface area contributed by atoms with E-state index in [9.17, 15) is 4.79 Å². The van der Waals surface area contributed by atoms with Crippen molar-refractivity contribution in [2.75, 3.05) is 13.2 Å². The highest BCUT2D eigenvalue weighted by molar-refractivity contribution is 6.32. The quantitative estimate of drug-likeness (QED) is 0.784. The van der Waals surface area contributed by atoms with E-state index in [0.29, 0.717) is 23.9 Å². The highest BCUT2D eigenvalue weighted by Crippen LogP contribution is 2.29. The van der Waals surface area contributed by atoms with Gasteiger partial charge in [0, 0.05) is 5.92 Å². The van der Waals surface area contributed by atoms with Gasteiger partial charge in [-0.3, -0.25) is 4.79 Å². The predicted octanol–water partition coefficient (Wildman–Crippen LogP) is 3.84. The second kappa shape index (κ2) is 7.51. The third-order valence-corrected chi connectivity index (χ3v) is 4.15. The largest absolute Gasteiger partial charge is 0.490 e. The Labute approximate surface area is 141 Å². The van der Waals surface area contributed by atoms with E-state index in [1.54, 1.807) is 0 Å². The van der Waals surface area contributed by atoms with E-state index in [1.807, 2.05) is 36.4 Å². The third-order valence-electron chi connectivity index (χ3n) is 3.85. The molecule has 1 amide bonds. The summed E-state index contributed by atoms with van der Waals surface area (Å²) < 4.78 is 5.65. The molecular formula is C19H20ClNO2. The van der Waals surface area contributed by atoms with Crippen molar-refractivity contribution in [3.63, 3.8) is 0 Å². The van der Waals surface area contributed by atoms with Crippen LogP contribution in [0.5, 0.6) is 5.75 Å². The summed E-state index contributed by atoms with van der Waals surface area (Å²) in [5, 5.41) is 3.47. The SMILES string of the molecule is O=C(NCCOc1ccc(Cc2ccccc2)cc1Cl)C1CC1. The average Bonchev–Trinajstić information content (AvgIpc) is 3.39. The van der Waals surface area contributed by atoms with Crippen LogP contribution in [0.3, 0.4) is 0 Å². The van der Waals surface area contributed by atoms with E-state index in [4.69, 9.17) is 16.3 Å². The summed E-state index contributed by atoms with van der Waals surface area (Å²) in [4.78, 5) is 11.5. The summed E-state index contributed by atoms with van der Waals surface area (Å²) in [5.41, 5.74) is 2.40. The van der Waals surface area contributed by atoms with Crippen molar-refractivity contribution < 1.29 is 9.53 Å². The molecule has 120 valence electrons. The molecule has 1 aliphatic rings. The van der Waals surface area contributed by atoms with Crippen LogP contribution >= 0.6 is 11.6 Å². The summed E-state index contributed by atoms with van der Waals surface area (Å²) in [5.74, 6) is 1.03. The standard InChI is InChI=1S/C19H20ClNO2/c20-17-13-15(12-14-4-2-1-3-5-14)6-9-18(17)23-11-10-21-19(22)16-7-8-16/h1-6,9,13,16H,7-8,10-12H2,(H,21,22). The van der Waals surface area contributed by atoms with Gasteiger partial charge in [-0.15, -0.1) is 0 Å². The van der Waals surface area contributed by atoms with Gasteiger partial charge in [-0.1, -0.05) is 48.0 Å². The molecule has 0 aliphatic heterocycles. The molecule has 2 aromatic rings. The molecule has 0 spiro atoms. The van der Waals surface area contributed by atoms with Gasteiger partial charge in [0.2, 0.25) is 5.91 Å². The van der Waals surface area contributed by atoms with Crippen LogP contribution in [0.2, 0.25) is 5.02 Å². The maximum atomic E-state index is 11.5. The molecule has 0 aromatic heterocycles. The Kier molecular flexibility index (Phi) is 5.19. The number of hydrogen-bond donors (Lipinski definition) is 1. The van der Waals surface area contributed by atoms with Gasteiger partial charge in [-0.05, 0) is 42.5 Å². The fourth-order valence-corrected chi connectivity index (χ4v) is 2.69. The smallest absolute Gasteiger partial charge is 0.223 e. The molecule has 4 heteroatoms. The van der Waals surface area contributed by atoms with Crippen molar-refractivity contribution >= 4 is 17.5 Å². The van der Waals surface area contributed by atoms with Gasteiger partial charge in [0.15, 0.2) is 0 Å². The van der Waals surface area contributed by atoms with Crippen LogP contribution in [-0.4, -0.2) is 19.1 Å². The summed E-state index contributed by atoms with van der Waals surface area (Å²) >= 11 is 6.29. The molecule has 0 atom stereocenters. The summed E-state index contributed by atoms with van der Waals surface area (Å²) in [6.07, 6.45) is 2.88. The lowest BCUT2D eigenvalue weighted by atomic mass is 10.1. The van der Waals surface area contributed by atoms with Gasteiger partial charge in [0.1, 0.15) is 12.4 Å². The Balaban J connectivity index is 1.49. The van der Waals surface area contributed by atoms with Crippen LogP contribution in [0, 0.1) is 5.92 Å². The van der Waals surface area contributed by atoms with Gasteiger partial charge < -0.3 is 10.1 Å². The molecule has 2 aromatic carbocycles. The lowest BCUT2D eigenvalue weighted by Crippen LogP contribution is -2.29. The maximum absolute atomic E-state index is 11.5. The summed E-state index contributed by atoms with van der Waals surface area (Å²) in [7, 11) is 0. The first-order valence-corrected chi connectivity index (χ1v) is 8.33. The van der Waals surface area contributed by atoms with Crippen LogP contribution in [-0.2, 0) is 11.2 Å². The first kappa shape index (κ1) is 15.9. The second-order valence-electron chi connectivity index (χ2n) is 5.84. The number of carbonyl (C=O) groups excluding carboxylic acids is 1. The number of hydrogen-bond acceptors (Lipinski definition) is 2. The number of carbonyl (C=O) groups is 1. The van der Waals surface area contributed by atoms with Gasteiger partial charge in [-0.2, -0.15) is 0 Å². The van der Waals surface area contributed by atoms with Crippen LogP contribution in [0.25, 0.3) is 0 Å². The Morgan fingerprint density at radius 1 is 1.13 bits per heavy atom. The third kappa shape index (κ3) is 4.73. The first-order chi connectivity index (χ1) is 11.2. The number of halogens is 1. The van der Waals surface area contributed by atoms with Crippen LogP contribution in [0.1, 0.15) is 24.0 Å². The Morgan fingerprint density at radius 3 is 2.61 bits per heavy atom. The number of benzene rings is 2. The molecule has 3 rings (SSSR count). The minimum Gasteiger partial charge on any atom is -0.490 e. The highest BCUT2D eigenvalue weighted by atomic mass is 35.5. The molecule has 0 radical (unpaired) electrons. The molecule has 3 nitrogen and oxygen atoms in total. The van der Waals surface area contributed by atoms with Crippen LogP contribution < -0.4 is 10.1 Å². The summed E-state index contributed by atoms with van der Waals surface area (Å²) in [6, 6.07) is 16.1. The van der Waals surface area contributed by atoms with E-state index in [1.165, 1.54) is 5.56 Å². The van der Waals surface area contributed by atoms with E-state index in [-0.39, 0.29) is 11.8 Å². The van der Waals surface area contributed by atoms with E-state index in [0.717, 1.165) is 24.8 Å². The van der Waals surface area contributed by atoms with Crippen molar-refractivity contribution in [1.29, 1.82) is 0 Å². The van der Waals surface area contributed by atoms with Gasteiger partial charge in [0.05, 0.1) is 11.6 Å². The number of nitrogens with one attached hydrogen (secondary N) is 1. The Bertz CT molecular complexity index is 668. The van der Waals surface area contributed by atoms with E-state index < -0.39 is 0 Å². The molecule has 0 heterocycles. The van der Waals surface area contributed by atoms with Gasteiger partial charge in [-0.25, -0.2) is 0 Å². The van der Waals surface area contributed by atoms with Gasteiger partial charge >= 0.3 is 0 Å². The molecule has 0 bridgehead atoms. The lowest BCUT2D eigenvalue weighted by Gasteiger charge is -2.10. The van der Waals surface area contributed by atoms with E-state index >= 15 is 0 Å². The Morgan fingerprint density at radius 2 is 1.91 bits per heavy atom. The van der Waals surface area contributed by atoms with Crippen molar-refractivity contribution in [2.45, 2.75) is 19.3 Å². The number of ether oxygens (including phenoxy) is 1. The van der Waals surface area contributed by atoms with E-state index in [2.05, 4.69) is 17.4 Å². The fraction of sp³-hybridized carbons (Fsp3) is 0.316. The van der Waals surface area contributed by atoms with Crippen molar-refractivity contribution in [3.05, 3.63) is 64.7 Å². The first-order valence-electron chi connectivity index (χ1n) is 7.95. The van der Waals surface area contributed by atoms with Crippen LogP contribution in [0.4, 0.5) is 0 Å². The van der Waals surface area contributed by atoms with Crippen molar-refractivity contribution in [1.82, 2.24) is 5.32 Å². The number of amides is 1. The number of rotatable bonds is 7. The van der Waals surface area contributed by atoms with Crippen molar-refractivity contribution in [3.8, 4) is 5.75 Å². The molecule has 1 N–H and O–H groups in total. The molecule has 1 aliphatic carbocycles. The zero-order valence-electron chi connectivity index (χ0n) is 12.9. The highest BCUT2D eigenvalue weighted by Gasteiger charge is 2.29. The average molecular weight is 330 g/mol. The molecule has 0 saturated heterocycles. The normalized spacial score (nSPS) is 13.6. The lowest BCUT2D eigenvalue weighted by molar-refractivity contribution is -0.122. The zero-order valence-corrected chi connectivity index (χ0v) is 13.7. The fourth-order valence-electron chi connectivity index (χ4n) is 2.43. The topological polar surface area (TPSA) is 38.3 Å². The molecule has 23 heavy (non-hydrogen) atoms. The Hall–Kier alpha value is -2.00. The minimum atomic E-state index is 0.137. The molecular weight excluding hydrogens is 310 g/mol. The van der Waals surface area contributed by atoms with Gasteiger partial charge in [0.25, 0.3) is 0 Å².